The molecule has 10 heteroatoms. The first-order valence-corrected chi connectivity index (χ1v) is 16.1. The molecule has 1 aliphatic carbocycles. The molecule has 0 spiro atoms. The average Bonchev–Trinajstić information content (AvgIpc) is 3.31. The summed E-state index contributed by atoms with van der Waals surface area (Å²) >= 11 is 0. The van der Waals surface area contributed by atoms with E-state index in [2.05, 4.69) is 30.5 Å². The van der Waals surface area contributed by atoms with Crippen molar-refractivity contribution >= 4 is 32.4 Å². The van der Waals surface area contributed by atoms with Gasteiger partial charge in [-0.05, 0) is 67.6 Å². The van der Waals surface area contributed by atoms with E-state index in [4.69, 9.17) is 5.73 Å². The van der Waals surface area contributed by atoms with Crippen LogP contribution in [-0.4, -0.2) is 65.8 Å². The summed E-state index contributed by atoms with van der Waals surface area (Å²) in [4.78, 5) is 14.2. The molecule has 2 N–H and O–H groups in total. The molecule has 8 nitrogen and oxygen atoms in total. The molecule has 2 saturated heterocycles. The lowest BCUT2D eigenvalue weighted by Gasteiger charge is -2.44. The van der Waals surface area contributed by atoms with Crippen LogP contribution in [0.25, 0.3) is 22.2 Å². The summed E-state index contributed by atoms with van der Waals surface area (Å²) in [6.45, 7) is 5.09. The maximum atomic E-state index is 13.6. The van der Waals surface area contributed by atoms with E-state index in [0.29, 0.717) is 22.7 Å². The van der Waals surface area contributed by atoms with Gasteiger partial charge < -0.3 is 20.1 Å². The lowest BCUT2D eigenvalue weighted by atomic mass is 9.96. The fourth-order valence-electron chi connectivity index (χ4n) is 6.60. The molecule has 3 fully saturated rings. The normalized spacial score (nSPS) is 19.4. The van der Waals surface area contributed by atoms with Crippen molar-refractivity contribution in [3.8, 4) is 11.1 Å². The minimum absolute atomic E-state index is 0.189. The third kappa shape index (κ3) is 4.86. The van der Waals surface area contributed by atoms with Crippen molar-refractivity contribution in [3.05, 3.63) is 66.9 Å². The second-order valence-electron chi connectivity index (χ2n) is 11.8. The van der Waals surface area contributed by atoms with Gasteiger partial charge in [-0.3, -0.25) is 0 Å². The Kier molecular flexibility index (Phi) is 6.70. The Morgan fingerprint density at radius 3 is 2.29 bits per heavy atom. The second-order valence-corrected chi connectivity index (χ2v) is 14.0. The number of rotatable bonds is 7. The molecule has 0 amide bonds. The lowest BCUT2D eigenvalue weighted by molar-refractivity contribution is 0.153. The molecule has 214 valence electrons. The van der Waals surface area contributed by atoms with Crippen LogP contribution in [0.2, 0.25) is 0 Å². The maximum Gasteiger partial charge on any atom is 0.181 e. The number of nitrogen functional groups attached to an aromatic ring is 1. The first kappa shape index (κ1) is 26.4. The van der Waals surface area contributed by atoms with Gasteiger partial charge in [0.2, 0.25) is 0 Å². The van der Waals surface area contributed by atoms with Gasteiger partial charge in [-0.1, -0.05) is 18.6 Å². The number of benzene rings is 2. The van der Waals surface area contributed by atoms with Crippen LogP contribution in [-0.2, 0) is 9.84 Å². The van der Waals surface area contributed by atoms with Gasteiger partial charge in [0.1, 0.15) is 23.6 Å². The fourth-order valence-corrected chi connectivity index (χ4v) is 8.45. The molecule has 7 rings (SSSR count). The van der Waals surface area contributed by atoms with E-state index in [1.165, 1.54) is 18.5 Å². The molecule has 0 unspecified atom stereocenters. The van der Waals surface area contributed by atoms with Crippen molar-refractivity contribution < 1.29 is 12.8 Å². The Morgan fingerprint density at radius 1 is 0.927 bits per heavy atom. The Hall–Kier alpha value is -3.50. The van der Waals surface area contributed by atoms with Crippen molar-refractivity contribution in [2.75, 3.05) is 43.4 Å². The Balaban J connectivity index is 0.963. The van der Waals surface area contributed by atoms with Crippen LogP contribution in [0.1, 0.15) is 38.1 Å². The number of hydrogen-bond donors (Lipinski definition) is 1. The van der Waals surface area contributed by atoms with Crippen molar-refractivity contribution in [1.29, 1.82) is 0 Å². The smallest absolute Gasteiger partial charge is 0.181 e. The zero-order chi connectivity index (χ0) is 28.1. The maximum absolute atomic E-state index is 13.6. The van der Waals surface area contributed by atoms with Crippen molar-refractivity contribution in [2.24, 2.45) is 5.92 Å². The first-order valence-electron chi connectivity index (χ1n) is 14.5. The van der Waals surface area contributed by atoms with E-state index >= 15 is 0 Å². The van der Waals surface area contributed by atoms with Gasteiger partial charge >= 0.3 is 0 Å². The molecule has 4 aromatic rings. The van der Waals surface area contributed by atoms with Gasteiger partial charge in [0, 0.05) is 62.1 Å². The Morgan fingerprint density at radius 2 is 1.63 bits per heavy atom. The standard InChI is InChI=1S/C31H35FN6O2S/c32-23-6-4-22(5-7-23)28-19-38(31-29(28)30(33)34-20-35-31)25-12-14-36(15-13-25)16-21-17-37(18-21)24-8-10-27(11-9-24)41(39,40)26-2-1-3-26/h4-11,19-21,25-26H,1-3,12-18H2,(H2,33,34,35). The molecule has 0 radical (unpaired) electrons. The topological polar surface area (TPSA) is 97.3 Å². The van der Waals surface area contributed by atoms with Gasteiger partial charge in [0.05, 0.1) is 15.5 Å². The SMILES string of the molecule is Nc1ncnc2c1c(-c1ccc(F)cc1)cn2C1CCN(CC2CN(c3ccc(S(=O)(=O)C4CCC4)cc3)C2)CC1. The minimum Gasteiger partial charge on any atom is -0.383 e. The summed E-state index contributed by atoms with van der Waals surface area (Å²) in [7, 11) is -3.17. The predicted molar refractivity (Wildman–Crippen MR) is 159 cm³/mol. The highest BCUT2D eigenvalue weighted by Crippen LogP contribution is 2.37. The molecule has 1 saturated carbocycles. The molecule has 2 aromatic carbocycles. The van der Waals surface area contributed by atoms with Crippen LogP contribution in [0, 0.1) is 11.7 Å². The number of anilines is 2. The number of fused-ring (bicyclic) bond motifs is 1. The summed E-state index contributed by atoms with van der Waals surface area (Å²) in [6.07, 6.45) is 8.25. The fraction of sp³-hybridized carbons (Fsp3) is 0.419. The second kappa shape index (κ2) is 10.4. The van der Waals surface area contributed by atoms with E-state index in [0.717, 1.165) is 92.7 Å². The van der Waals surface area contributed by atoms with E-state index in [1.807, 2.05) is 12.1 Å². The number of nitrogens with two attached hydrogens (primary N) is 1. The summed E-state index contributed by atoms with van der Waals surface area (Å²) < 4.78 is 41.2. The number of aromatic nitrogens is 3. The van der Waals surface area contributed by atoms with Crippen LogP contribution in [0.15, 0.2) is 66.0 Å². The highest BCUT2D eigenvalue weighted by Gasteiger charge is 2.34. The Bertz CT molecular complexity index is 1650. The van der Waals surface area contributed by atoms with Gasteiger partial charge in [-0.2, -0.15) is 0 Å². The molecule has 0 bridgehead atoms. The van der Waals surface area contributed by atoms with Crippen molar-refractivity contribution in [3.63, 3.8) is 0 Å². The quantitative estimate of drug-likeness (QED) is 0.335. The van der Waals surface area contributed by atoms with Crippen molar-refractivity contribution in [2.45, 2.75) is 48.3 Å². The number of likely N-dealkylation sites (tertiary alicyclic amines) is 1. The van der Waals surface area contributed by atoms with E-state index in [1.54, 1.807) is 24.3 Å². The highest BCUT2D eigenvalue weighted by molar-refractivity contribution is 7.92. The minimum atomic E-state index is -3.17. The van der Waals surface area contributed by atoms with E-state index < -0.39 is 9.84 Å². The molecule has 0 atom stereocenters. The van der Waals surface area contributed by atoms with Gasteiger partial charge in [0.15, 0.2) is 9.84 Å². The molecular formula is C31H35FN6O2S. The van der Waals surface area contributed by atoms with E-state index in [9.17, 15) is 12.8 Å². The summed E-state index contributed by atoms with van der Waals surface area (Å²) in [6, 6.07) is 14.3. The van der Waals surface area contributed by atoms with Crippen LogP contribution < -0.4 is 10.6 Å². The number of hydrogen-bond acceptors (Lipinski definition) is 7. The molecule has 2 aliphatic heterocycles. The lowest BCUT2D eigenvalue weighted by Crippen LogP contribution is -2.52. The number of sulfone groups is 1. The third-order valence-electron chi connectivity index (χ3n) is 9.24. The van der Waals surface area contributed by atoms with Gasteiger partial charge in [0.25, 0.3) is 0 Å². The molecule has 3 aliphatic rings. The van der Waals surface area contributed by atoms with Gasteiger partial charge in [-0.15, -0.1) is 0 Å². The molecule has 41 heavy (non-hydrogen) atoms. The summed E-state index contributed by atoms with van der Waals surface area (Å²) in [5.74, 6) is 0.779. The summed E-state index contributed by atoms with van der Waals surface area (Å²) in [5, 5.41) is 0.634. The third-order valence-corrected chi connectivity index (χ3v) is 11.5. The molecule has 2 aromatic heterocycles. The zero-order valence-electron chi connectivity index (χ0n) is 23.0. The van der Waals surface area contributed by atoms with Crippen LogP contribution in [0.4, 0.5) is 15.9 Å². The molecular weight excluding hydrogens is 539 g/mol. The van der Waals surface area contributed by atoms with Crippen LogP contribution in [0.3, 0.4) is 0 Å². The van der Waals surface area contributed by atoms with E-state index in [-0.39, 0.29) is 11.1 Å². The Labute approximate surface area is 239 Å². The number of nitrogens with zero attached hydrogens (tertiary/aromatic N) is 5. The monoisotopic (exact) mass is 574 g/mol. The average molecular weight is 575 g/mol. The van der Waals surface area contributed by atoms with Crippen LogP contribution in [0.5, 0.6) is 0 Å². The van der Waals surface area contributed by atoms with Crippen LogP contribution >= 0.6 is 0 Å². The summed E-state index contributed by atoms with van der Waals surface area (Å²) in [5.41, 5.74) is 10.1. The number of halogens is 1. The van der Waals surface area contributed by atoms with Crippen molar-refractivity contribution in [1.82, 2.24) is 19.4 Å². The molecule has 4 heterocycles. The first-order chi connectivity index (χ1) is 19.9. The zero-order valence-corrected chi connectivity index (χ0v) is 23.8. The number of piperidine rings is 1. The van der Waals surface area contributed by atoms with Gasteiger partial charge in [-0.25, -0.2) is 22.8 Å². The highest BCUT2D eigenvalue weighted by atomic mass is 32.2. The largest absolute Gasteiger partial charge is 0.383 e. The predicted octanol–water partition coefficient (Wildman–Crippen LogP) is 4.92.